The second-order valence-corrected chi connectivity index (χ2v) is 5.31. The van der Waals surface area contributed by atoms with Crippen LogP contribution in [0, 0.1) is 0 Å². The minimum atomic E-state index is 0.607. The Bertz CT molecular complexity index is 671. The van der Waals surface area contributed by atoms with E-state index in [1.165, 1.54) is 5.56 Å². The predicted molar refractivity (Wildman–Crippen MR) is 95.4 cm³/mol. The fourth-order valence-electron chi connectivity index (χ4n) is 2.32. The van der Waals surface area contributed by atoms with Crippen LogP contribution in [0.15, 0.2) is 47.6 Å². The van der Waals surface area contributed by atoms with Crippen LogP contribution < -0.4 is 14.8 Å². The maximum Gasteiger partial charge on any atom is 0.213 e. The average molecular weight is 328 g/mol. The summed E-state index contributed by atoms with van der Waals surface area (Å²) in [6, 6.07) is 11.9. The van der Waals surface area contributed by atoms with Gasteiger partial charge in [-0.1, -0.05) is 12.1 Å². The zero-order valence-electron chi connectivity index (χ0n) is 14.6. The van der Waals surface area contributed by atoms with Gasteiger partial charge in [0.25, 0.3) is 0 Å². The number of rotatable bonds is 6. The second kappa shape index (κ2) is 8.76. The molecule has 0 bridgehead atoms. The van der Waals surface area contributed by atoms with Gasteiger partial charge in [-0.05, 0) is 29.3 Å². The van der Waals surface area contributed by atoms with Crippen LogP contribution in [-0.4, -0.2) is 44.2 Å². The Morgan fingerprint density at radius 3 is 2.50 bits per heavy atom. The summed E-state index contributed by atoms with van der Waals surface area (Å²) >= 11 is 0. The molecule has 0 aliphatic carbocycles. The van der Waals surface area contributed by atoms with Gasteiger partial charge < -0.3 is 19.7 Å². The number of nitrogens with one attached hydrogen (secondary N) is 1. The maximum atomic E-state index is 5.18. The van der Waals surface area contributed by atoms with Gasteiger partial charge in [0.2, 0.25) is 5.88 Å². The predicted octanol–water partition coefficient (Wildman–Crippen LogP) is 2.31. The summed E-state index contributed by atoms with van der Waals surface area (Å²) < 4.78 is 10.3. The highest BCUT2D eigenvalue weighted by Crippen LogP contribution is 2.13. The van der Waals surface area contributed by atoms with Crippen LogP contribution in [0.3, 0.4) is 0 Å². The van der Waals surface area contributed by atoms with Gasteiger partial charge >= 0.3 is 0 Å². The summed E-state index contributed by atoms with van der Waals surface area (Å²) in [5.41, 5.74) is 2.27. The minimum Gasteiger partial charge on any atom is -0.497 e. The molecule has 1 aromatic heterocycles. The van der Waals surface area contributed by atoms with Crippen molar-refractivity contribution in [2.75, 3.05) is 28.3 Å². The smallest absolute Gasteiger partial charge is 0.213 e. The molecule has 0 aliphatic heterocycles. The van der Waals surface area contributed by atoms with Gasteiger partial charge in [-0.3, -0.25) is 4.99 Å². The Morgan fingerprint density at radius 1 is 1.12 bits per heavy atom. The van der Waals surface area contributed by atoms with Crippen molar-refractivity contribution in [2.24, 2.45) is 4.99 Å². The summed E-state index contributed by atoms with van der Waals surface area (Å²) in [4.78, 5) is 10.5. The highest BCUT2D eigenvalue weighted by atomic mass is 16.5. The molecule has 6 heteroatoms. The van der Waals surface area contributed by atoms with E-state index in [1.54, 1.807) is 27.5 Å². The number of benzene rings is 1. The first kappa shape index (κ1) is 17.6. The molecule has 0 atom stereocenters. The van der Waals surface area contributed by atoms with Crippen molar-refractivity contribution >= 4 is 5.96 Å². The van der Waals surface area contributed by atoms with Crippen molar-refractivity contribution in [1.82, 2.24) is 15.2 Å². The first-order chi connectivity index (χ1) is 11.7. The van der Waals surface area contributed by atoms with Crippen LogP contribution in [-0.2, 0) is 13.1 Å². The molecule has 2 aromatic rings. The Kier molecular flexibility index (Phi) is 6.42. The van der Waals surface area contributed by atoms with Gasteiger partial charge in [0, 0.05) is 39.4 Å². The van der Waals surface area contributed by atoms with Gasteiger partial charge in [-0.2, -0.15) is 0 Å². The quantitative estimate of drug-likeness (QED) is 0.651. The highest BCUT2D eigenvalue weighted by molar-refractivity contribution is 5.79. The molecule has 6 nitrogen and oxygen atoms in total. The van der Waals surface area contributed by atoms with Crippen molar-refractivity contribution in [1.29, 1.82) is 0 Å². The topological polar surface area (TPSA) is 59.0 Å². The van der Waals surface area contributed by atoms with E-state index in [0.29, 0.717) is 12.4 Å². The SMILES string of the molecule is CN=C(NCc1ccnc(OC)c1)N(C)Cc1ccc(OC)cc1. The second-order valence-electron chi connectivity index (χ2n) is 5.31. The number of nitrogens with zero attached hydrogens (tertiary/aromatic N) is 3. The van der Waals surface area contributed by atoms with E-state index in [0.717, 1.165) is 23.8 Å². The van der Waals surface area contributed by atoms with E-state index in [1.807, 2.05) is 31.3 Å². The van der Waals surface area contributed by atoms with Crippen molar-refractivity contribution < 1.29 is 9.47 Å². The van der Waals surface area contributed by atoms with Gasteiger partial charge in [0.05, 0.1) is 14.2 Å². The van der Waals surface area contributed by atoms with Gasteiger partial charge in [-0.25, -0.2) is 4.98 Å². The van der Waals surface area contributed by atoms with E-state index in [-0.39, 0.29) is 0 Å². The molecule has 0 radical (unpaired) electrons. The Labute approximate surface area is 143 Å². The third-order valence-electron chi connectivity index (χ3n) is 3.61. The zero-order valence-corrected chi connectivity index (χ0v) is 14.6. The average Bonchev–Trinajstić information content (AvgIpc) is 2.63. The molecule has 0 amide bonds. The highest BCUT2D eigenvalue weighted by Gasteiger charge is 2.07. The van der Waals surface area contributed by atoms with E-state index in [9.17, 15) is 0 Å². The molecule has 0 saturated carbocycles. The van der Waals surface area contributed by atoms with Gasteiger partial charge in [-0.15, -0.1) is 0 Å². The zero-order chi connectivity index (χ0) is 17.4. The fraction of sp³-hybridized carbons (Fsp3) is 0.333. The number of guanidine groups is 1. The molecule has 0 fully saturated rings. The maximum absolute atomic E-state index is 5.18. The van der Waals surface area contributed by atoms with Crippen molar-refractivity contribution in [3.05, 3.63) is 53.7 Å². The number of hydrogen-bond donors (Lipinski definition) is 1. The van der Waals surface area contributed by atoms with Gasteiger partial charge in [0.1, 0.15) is 5.75 Å². The van der Waals surface area contributed by atoms with Crippen molar-refractivity contribution in [3.63, 3.8) is 0 Å². The van der Waals surface area contributed by atoms with Crippen molar-refractivity contribution in [2.45, 2.75) is 13.1 Å². The summed E-state index contributed by atoms with van der Waals surface area (Å²) in [6.07, 6.45) is 1.74. The Morgan fingerprint density at radius 2 is 1.88 bits per heavy atom. The van der Waals surface area contributed by atoms with Crippen LogP contribution in [0.5, 0.6) is 11.6 Å². The van der Waals surface area contributed by atoms with Crippen LogP contribution in [0.1, 0.15) is 11.1 Å². The van der Waals surface area contributed by atoms with Crippen LogP contribution in [0.25, 0.3) is 0 Å². The van der Waals surface area contributed by atoms with E-state index in [4.69, 9.17) is 9.47 Å². The van der Waals surface area contributed by atoms with E-state index in [2.05, 4.69) is 32.3 Å². The summed E-state index contributed by atoms with van der Waals surface area (Å²) in [6.45, 7) is 1.40. The Balaban J connectivity index is 1.94. The Hall–Kier alpha value is -2.76. The van der Waals surface area contributed by atoms with Crippen LogP contribution in [0.2, 0.25) is 0 Å². The van der Waals surface area contributed by atoms with Crippen LogP contribution in [0.4, 0.5) is 0 Å². The molecule has 1 aromatic carbocycles. The van der Waals surface area contributed by atoms with Crippen LogP contribution >= 0.6 is 0 Å². The lowest BCUT2D eigenvalue weighted by Crippen LogP contribution is -2.38. The van der Waals surface area contributed by atoms with E-state index < -0.39 is 0 Å². The lowest BCUT2D eigenvalue weighted by atomic mass is 10.2. The number of methoxy groups -OCH3 is 2. The molecule has 0 unspecified atom stereocenters. The standard InChI is InChI=1S/C18H24N4O2/c1-19-18(21-12-15-9-10-20-17(11-15)24-4)22(2)13-14-5-7-16(23-3)8-6-14/h5-11H,12-13H2,1-4H3,(H,19,21). The van der Waals surface area contributed by atoms with Gasteiger partial charge in [0.15, 0.2) is 5.96 Å². The number of hydrogen-bond acceptors (Lipinski definition) is 4. The first-order valence-electron chi connectivity index (χ1n) is 7.70. The minimum absolute atomic E-state index is 0.607. The molecule has 1 N–H and O–H groups in total. The number of ether oxygens (including phenoxy) is 2. The third-order valence-corrected chi connectivity index (χ3v) is 3.61. The molecule has 24 heavy (non-hydrogen) atoms. The number of aliphatic imine (C=N–C) groups is 1. The largest absolute Gasteiger partial charge is 0.497 e. The number of aromatic nitrogens is 1. The lowest BCUT2D eigenvalue weighted by Gasteiger charge is -2.22. The molecular formula is C18H24N4O2. The lowest BCUT2D eigenvalue weighted by molar-refractivity contribution is 0.397. The summed E-state index contributed by atoms with van der Waals surface area (Å²) in [5.74, 6) is 2.29. The molecule has 1 heterocycles. The molecule has 0 saturated heterocycles. The molecule has 0 spiro atoms. The fourth-order valence-corrected chi connectivity index (χ4v) is 2.32. The van der Waals surface area contributed by atoms with E-state index >= 15 is 0 Å². The molecule has 0 aliphatic rings. The molecular weight excluding hydrogens is 304 g/mol. The monoisotopic (exact) mass is 328 g/mol. The molecule has 128 valence electrons. The number of pyridine rings is 1. The molecule has 2 rings (SSSR count). The van der Waals surface area contributed by atoms with Crippen molar-refractivity contribution in [3.8, 4) is 11.6 Å². The normalized spacial score (nSPS) is 11.1. The third kappa shape index (κ3) is 4.87. The summed E-state index contributed by atoms with van der Waals surface area (Å²) in [5, 5.41) is 3.35. The summed E-state index contributed by atoms with van der Waals surface area (Å²) in [7, 11) is 7.06. The first-order valence-corrected chi connectivity index (χ1v) is 7.70.